The van der Waals surface area contributed by atoms with Crippen LogP contribution in [0.5, 0.6) is 0 Å². The molecule has 0 unspecified atom stereocenters. The number of carbonyl (C=O) groups is 2. The topological polar surface area (TPSA) is 87.5 Å². The molecule has 1 aliphatic rings. The molecule has 168 valence electrons. The molecule has 0 saturated heterocycles. The van der Waals surface area contributed by atoms with E-state index in [1.807, 2.05) is 68.1 Å². The van der Waals surface area contributed by atoms with Crippen LogP contribution < -0.4 is 21.3 Å². The van der Waals surface area contributed by atoms with E-state index < -0.39 is 6.04 Å². The summed E-state index contributed by atoms with van der Waals surface area (Å²) in [6.45, 7) is 7.84. The molecule has 0 fully saturated rings. The molecular weight excluding hydrogens is 412 g/mol. The molecular formula is C24H33ClN4O2. The van der Waals surface area contributed by atoms with Crippen molar-refractivity contribution in [2.24, 2.45) is 11.7 Å². The predicted molar refractivity (Wildman–Crippen MR) is 130 cm³/mol. The summed E-state index contributed by atoms with van der Waals surface area (Å²) in [6, 6.07) is 15.4. The van der Waals surface area contributed by atoms with Gasteiger partial charge in [-0.1, -0.05) is 39.0 Å². The molecule has 0 radical (unpaired) electrons. The number of nitrogens with zero attached hydrogens (tertiary/aromatic N) is 1. The van der Waals surface area contributed by atoms with Crippen LogP contribution in [-0.2, 0) is 9.59 Å². The second kappa shape index (κ2) is 10.6. The molecule has 1 heterocycles. The van der Waals surface area contributed by atoms with Crippen molar-refractivity contribution in [2.75, 3.05) is 15.5 Å². The third kappa shape index (κ3) is 5.57. The summed E-state index contributed by atoms with van der Waals surface area (Å²) in [6.07, 6.45) is 1.31. The Kier molecular flexibility index (Phi) is 8.48. The van der Waals surface area contributed by atoms with Crippen LogP contribution in [-0.4, -0.2) is 23.9 Å². The number of halogens is 1. The van der Waals surface area contributed by atoms with E-state index in [1.54, 1.807) is 0 Å². The minimum atomic E-state index is -0.531. The molecule has 2 amide bonds. The zero-order valence-electron chi connectivity index (χ0n) is 18.6. The minimum Gasteiger partial charge on any atom is -0.378 e. The van der Waals surface area contributed by atoms with Crippen LogP contribution in [0.2, 0.25) is 0 Å². The maximum atomic E-state index is 12.5. The van der Waals surface area contributed by atoms with Gasteiger partial charge in [0, 0.05) is 29.5 Å². The van der Waals surface area contributed by atoms with Crippen molar-refractivity contribution in [1.82, 2.24) is 0 Å². The molecule has 0 aliphatic carbocycles. The highest BCUT2D eigenvalue weighted by Crippen LogP contribution is 2.39. The summed E-state index contributed by atoms with van der Waals surface area (Å²) >= 11 is 0. The molecule has 7 heteroatoms. The van der Waals surface area contributed by atoms with Gasteiger partial charge in [0.1, 0.15) is 0 Å². The number of nitrogens with two attached hydrogens (primary N) is 1. The zero-order chi connectivity index (χ0) is 21.8. The van der Waals surface area contributed by atoms with E-state index in [1.165, 1.54) is 0 Å². The van der Waals surface area contributed by atoms with E-state index in [0.717, 1.165) is 29.0 Å². The summed E-state index contributed by atoms with van der Waals surface area (Å²) < 4.78 is 0. The molecule has 31 heavy (non-hydrogen) atoms. The van der Waals surface area contributed by atoms with Crippen molar-refractivity contribution < 1.29 is 9.59 Å². The average Bonchev–Trinajstić information content (AvgIpc) is 2.74. The fourth-order valence-electron chi connectivity index (χ4n) is 3.88. The fraction of sp³-hybridized carbons (Fsp3) is 0.417. The number of amides is 2. The SMILES string of the molecule is CCC(=O)N1c2ccccc2[C@H](Nc2ccc(NC(=O)[C@@H](N)C(C)C)cc2)C[C@@H]1C.Cl. The Balaban J connectivity index is 0.00000341. The van der Waals surface area contributed by atoms with Gasteiger partial charge in [-0.3, -0.25) is 9.59 Å². The first-order valence-electron chi connectivity index (χ1n) is 10.7. The molecule has 3 rings (SSSR count). The molecule has 1 aliphatic heterocycles. The molecule has 0 aromatic heterocycles. The summed E-state index contributed by atoms with van der Waals surface area (Å²) in [5.41, 5.74) is 9.69. The fourth-order valence-corrected chi connectivity index (χ4v) is 3.88. The molecule has 0 bridgehead atoms. The third-order valence-electron chi connectivity index (χ3n) is 5.67. The number of nitrogens with one attached hydrogen (secondary N) is 2. The van der Waals surface area contributed by atoms with Crippen LogP contribution in [0.1, 0.15) is 52.1 Å². The Labute approximate surface area is 191 Å². The Hall–Kier alpha value is -2.57. The summed E-state index contributed by atoms with van der Waals surface area (Å²) in [5, 5.41) is 6.46. The van der Waals surface area contributed by atoms with E-state index in [0.29, 0.717) is 6.42 Å². The lowest BCUT2D eigenvalue weighted by molar-refractivity contribution is -0.119. The van der Waals surface area contributed by atoms with Crippen LogP contribution in [0.4, 0.5) is 17.1 Å². The van der Waals surface area contributed by atoms with Gasteiger partial charge in [0.2, 0.25) is 11.8 Å². The normalized spacial score (nSPS) is 18.6. The van der Waals surface area contributed by atoms with Gasteiger partial charge in [0.15, 0.2) is 0 Å². The van der Waals surface area contributed by atoms with Gasteiger partial charge in [-0.2, -0.15) is 0 Å². The molecule has 4 N–H and O–H groups in total. The number of hydrogen-bond donors (Lipinski definition) is 3. The average molecular weight is 445 g/mol. The Bertz CT molecular complexity index is 901. The maximum Gasteiger partial charge on any atom is 0.241 e. The molecule has 3 atom stereocenters. The van der Waals surface area contributed by atoms with Crippen molar-refractivity contribution in [3.63, 3.8) is 0 Å². The van der Waals surface area contributed by atoms with E-state index in [4.69, 9.17) is 5.73 Å². The van der Waals surface area contributed by atoms with Gasteiger partial charge in [-0.05, 0) is 55.2 Å². The van der Waals surface area contributed by atoms with E-state index in [-0.39, 0.29) is 42.2 Å². The lowest BCUT2D eigenvalue weighted by atomic mass is 9.91. The van der Waals surface area contributed by atoms with Crippen LogP contribution in [0.15, 0.2) is 48.5 Å². The van der Waals surface area contributed by atoms with Gasteiger partial charge in [-0.15, -0.1) is 12.4 Å². The van der Waals surface area contributed by atoms with Crippen molar-refractivity contribution in [3.05, 3.63) is 54.1 Å². The van der Waals surface area contributed by atoms with Crippen LogP contribution in [0, 0.1) is 5.92 Å². The summed E-state index contributed by atoms with van der Waals surface area (Å²) in [7, 11) is 0. The summed E-state index contributed by atoms with van der Waals surface area (Å²) in [4.78, 5) is 26.6. The third-order valence-corrected chi connectivity index (χ3v) is 5.67. The van der Waals surface area contributed by atoms with Gasteiger partial charge in [0.05, 0.1) is 12.1 Å². The minimum absolute atomic E-state index is 0. The molecule has 2 aromatic rings. The van der Waals surface area contributed by atoms with Crippen molar-refractivity contribution in [2.45, 2.75) is 58.7 Å². The highest BCUT2D eigenvalue weighted by molar-refractivity contribution is 5.96. The Morgan fingerprint density at radius 3 is 2.32 bits per heavy atom. The number of para-hydroxylation sites is 1. The second-order valence-electron chi connectivity index (χ2n) is 8.29. The predicted octanol–water partition coefficient (Wildman–Crippen LogP) is 4.72. The van der Waals surface area contributed by atoms with Crippen molar-refractivity contribution >= 4 is 41.3 Å². The molecule has 0 saturated carbocycles. The van der Waals surface area contributed by atoms with Gasteiger partial charge in [-0.25, -0.2) is 0 Å². The number of anilines is 3. The highest BCUT2D eigenvalue weighted by Gasteiger charge is 2.32. The first-order valence-corrected chi connectivity index (χ1v) is 10.7. The maximum absolute atomic E-state index is 12.5. The van der Waals surface area contributed by atoms with E-state index in [9.17, 15) is 9.59 Å². The van der Waals surface area contributed by atoms with Gasteiger partial charge < -0.3 is 21.3 Å². The highest BCUT2D eigenvalue weighted by atomic mass is 35.5. The lowest BCUT2D eigenvalue weighted by Crippen LogP contribution is -2.44. The second-order valence-corrected chi connectivity index (χ2v) is 8.29. The number of carbonyl (C=O) groups excluding carboxylic acids is 2. The molecule has 6 nitrogen and oxygen atoms in total. The Morgan fingerprint density at radius 1 is 1.10 bits per heavy atom. The number of fused-ring (bicyclic) bond motifs is 1. The lowest BCUT2D eigenvalue weighted by Gasteiger charge is -2.40. The van der Waals surface area contributed by atoms with Crippen LogP contribution >= 0.6 is 12.4 Å². The number of hydrogen-bond acceptors (Lipinski definition) is 4. The zero-order valence-corrected chi connectivity index (χ0v) is 19.4. The van der Waals surface area contributed by atoms with Crippen LogP contribution in [0.3, 0.4) is 0 Å². The summed E-state index contributed by atoms with van der Waals surface area (Å²) in [5.74, 6) is 0.0491. The van der Waals surface area contributed by atoms with E-state index >= 15 is 0 Å². The van der Waals surface area contributed by atoms with E-state index in [2.05, 4.69) is 23.6 Å². The van der Waals surface area contributed by atoms with Gasteiger partial charge >= 0.3 is 0 Å². The Morgan fingerprint density at radius 2 is 1.71 bits per heavy atom. The largest absolute Gasteiger partial charge is 0.378 e. The number of benzene rings is 2. The molecule has 0 spiro atoms. The first-order chi connectivity index (χ1) is 14.3. The van der Waals surface area contributed by atoms with Crippen molar-refractivity contribution in [3.8, 4) is 0 Å². The number of rotatable bonds is 6. The first kappa shape index (κ1) is 24.7. The van der Waals surface area contributed by atoms with Crippen molar-refractivity contribution in [1.29, 1.82) is 0 Å². The monoisotopic (exact) mass is 444 g/mol. The van der Waals surface area contributed by atoms with Crippen LogP contribution in [0.25, 0.3) is 0 Å². The smallest absolute Gasteiger partial charge is 0.241 e. The standard InChI is InChI=1S/C24H32N4O2.ClH/c1-5-22(29)28-16(4)14-20(19-8-6-7-9-21(19)28)26-17-10-12-18(13-11-17)27-24(30)23(25)15(2)3;/h6-13,15-16,20,23,26H,5,14,25H2,1-4H3,(H,27,30);1H/t16-,20+,23-;/m0./s1. The van der Waals surface area contributed by atoms with Gasteiger partial charge in [0.25, 0.3) is 0 Å². The quantitative estimate of drug-likeness (QED) is 0.601. The molecule has 2 aromatic carbocycles.